The van der Waals surface area contributed by atoms with E-state index in [-0.39, 0.29) is 40.1 Å². The highest BCUT2D eigenvalue weighted by atomic mass is 16.6. The van der Waals surface area contributed by atoms with Gasteiger partial charge in [-0.15, -0.1) is 0 Å². The van der Waals surface area contributed by atoms with E-state index in [1.54, 1.807) is 13.0 Å². The van der Waals surface area contributed by atoms with Crippen molar-refractivity contribution >= 4 is 17.4 Å². The number of hydrogen-bond donors (Lipinski definition) is 1. The number of hydrogen-bond acceptors (Lipinski definition) is 6. The number of nitro groups is 1. The van der Waals surface area contributed by atoms with Crippen LogP contribution in [-0.4, -0.2) is 45.6 Å². The van der Waals surface area contributed by atoms with Gasteiger partial charge in [0.25, 0.3) is 11.6 Å². The van der Waals surface area contributed by atoms with Crippen LogP contribution < -0.4 is 5.32 Å². The van der Waals surface area contributed by atoms with Crippen LogP contribution in [-0.2, 0) is 11.2 Å². The van der Waals surface area contributed by atoms with Gasteiger partial charge < -0.3 is 10.1 Å². The molecule has 0 spiro atoms. The standard InChI is InChI=1S/C22H26N4O5/c1-13-20-18(10-22(2,3)11-19(20)27)25(24-13)16-7-6-14(9-17(16)26(29)30)21(28)23-12-15-5-4-8-31-15/h6-7,9,15H,4-5,8,10-12H2,1-3H3,(H,23,28). The van der Waals surface area contributed by atoms with Crippen LogP contribution >= 0.6 is 0 Å². The molecule has 31 heavy (non-hydrogen) atoms. The van der Waals surface area contributed by atoms with Crippen LogP contribution in [0.5, 0.6) is 0 Å². The number of nitrogens with zero attached hydrogens (tertiary/aromatic N) is 3. The molecule has 1 aromatic carbocycles. The predicted octanol–water partition coefficient (Wildman–Crippen LogP) is 3.15. The van der Waals surface area contributed by atoms with Crippen molar-refractivity contribution in [3.63, 3.8) is 0 Å². The average molecular weight is 426 g/mol. The molecule has 0 bridgehead atoms. The lowest BCUT2D eigenvalue weighted by atomic mass is 9.75. The van der Waals surface area contributed by atoms with Crippen LogP contribution in [0.3, 0.4) is 0 Å². The smallest absolute Gasteiger partial charge is 0.295 e. The quantitative estimate of drug-likeness (QED) is 0.580. The monoisotopic (exact) mass is 426 g/mol. The van der Waals surface area contributed by atoms with Gasteiger partial charge in [-0.1, -0.05) is 13.8 Å². The molecule has 1 aliphatic heterocycles. The molecule has 1 amide bonds. The minimum absolute atomic E-state index is 0.00258. The first kappa shape index (κ1) is 21.2. The number of ketones is 1. The van der Waals surface area contributed by atoms with Gasteiger partial charge in [-0.05, 0) is 43.7 Å². The third-order valence-corrected chi connectivity index (χ3v) is 5.90. The molecule has 0 saturated carbocycles. The minimum Gasteiger partial charge on any atom is -0.376 e. The number of ether oxygens (including phenoxy) is 1. The van der Waals surface area contributed by atoms with Crippen LogP contribution in [0, 0.1) is 22.5 Å². The van der Waals surface area contributed by atoms with Gasteiger partial charge in [-0.2, -0.15) is 5.10 Å². The minimum atomic E-state index is -0.522. The highest BCUT2D eigenvalue weighted by Gasteiger charge is 2.36. The maximum atomic E-state index is 12.7. The molecule has 1 unspecified atom stereocenters. The van der Waals surface area contributed by atoms with Crippen LogP contribution in [0.15, 0.2) is 18.2 Å². The summed E-state index contributed by atoms with van der Waals surface area (Å²) in [6.45, 7) is 6.79. The van der Waals surface area contributed by atoms with E-state index < -0.39 is 4.92 Å². The molecular formula is C22H26N4O5. The zero-order valence-electron chi connectivity index (χ0n) is 17.9. The normalized spacial score (nSPS) is 19.8. The maximum Gasteiger partial charge on any atom is 0.295 e. The molecule has 0 radical (unpaired) electrons. The first-order valence-corrected chi connectivity index (χ1v) is 10.5. The summed E-state index contributed by atoms with van der Waals surface area (Å²) in [4.78, 5) is 36.5. The van der Waals surface area contributed by atoms with Gasteiger partial charge in [0.1, 0.15) is 5.69 Å². The van der Waals surface area contributed by atoms with Crippen LogP contribution in [0.4, 0.5) is 5.69 Å². The number of Topliss-reactive ketones (excluding diaryl/α,β-unsaturated/α-hetero) is 1. The molecule has 2 heterocycles. The summed E-state index contributed by atoms with van der Waals surface area (Å²) < 4.78 is 6.99. The molecule has 1 N–H and O–H groups in total. The summed E-state index contributed by atoms with van der Waals surface area (Å²) in [5.74, 6) is -0.386. The number of aryl methyl sites for hydroxylation is 1. The SMILES string of the molecule is Cc1nn(-c2ccc(C(=O)NCC3CCCO3)cc2[N+](=O)[O-])c2c1C(=O)CC(C)(C)C2. The Bertz CT molecular complexity index is 1070. The number of benzene rings is 1. The van der Waals surface area contributed by atoms with E-state index in [4.69, 9.17) is 4.74 Å². The predicted molar refractivity (Wildman–Crippen MR) is 113 cm³/mol. The number of carbonyl (C=O) groups is 2. The van der Waals surface area contributed by atoms with Crippen LogP contribution in [0.1, 0.15) is 65.2 Å². The molecule has 1 aromatic heterocycles. The van der Waals surface area contributed by atoms with E-state index in [1.165, 1.54) is 16.8 Å². The summed E-state index contributed by atoms with van der Waals surface area (Å²) in [5.41, 5.74) is 1.74. The topological polar surface area (TPSA) is 116 Å². The fraction of sp³-hybridized carbons (Fsp3) is 0.500. The van der Waals surface area contributed by atoms with E-state index in [0.29, 0.717) is 42.9 Å². The second kappa shape index (κ2) is 7.88. The highest BCUT2D eigenvalue weighted by molar-refractivity contribution is 6.00. The number of carbonyl (C=O) groups excluding carboxylic acids is 2. The van der Waals surface area contributed by atoms with Gasteiger partial charge in [0, 0.05) is 31.2 Å². The molecular weight excluding hydrogens is 400 g/mol. The Morgan fingerprint density at radius 1 is 1.39 bits per heavy atom. The van der Waals surface area contributed by atoms with Gasteiger partial charge in [0.15, 0.2) is 5.78 Å². The maximum absolute atomic E-state index is 12.7. The molecule has 1 atom stereocenters. The van der Waals surface area contributed by atoms with E-state index >= 15 is 0 Å². The molecule has 9 nitrogen and oxygen atoms in total. The van der Waals surface area contributed by atoms with Gasteiger partial charge in [0.05, 0.1) is 28.0 Å². The molecule has 4 rings (SSSR count). The number of nitro benzene ring substituents is 1. The van der Waals surface area contributed by atoms with E-state index in [1.807, 2.05) is 13.8 Å². The Morgan fingerprint density at radius 3 is 2.84 bits per heavy atom. The zero-order valence-corrected chi connectivity index (χ0v) is 17.9. The van der Waals surface area contributed by atoms with Gasteiger partial charge in [-0.3, -0.25) is 19.7 Å². The van der Waals surface area contributed by atoms with Crippen molar-refractivity contribution in [3.05, 3.63) is 50.8 Å². The zero-order chi connectivity index (χ0) is 22.3. The largest absolute Gasteiger partial charge is 0.376 e. The second-order valence-electron chi connectivity index (χ2n) is 9.07. The summed E-state index contributed by atoms with van der Waals surface area (Å²) in [7, 11) is 0. The van der Waals surface area contributed by atoms with Crippen molar-refractivity contribution in [3.8, 4) is 5.69 Å². The van der Waals surface area contributed by atoms with Crippen molar-refractivity contribution in [1.29, 1.82) is 0 Å². The second-order valence-corrected chi connectivity index (χ2v) is 9.07. The molecule has 2 aliphatic rings. The van der Waals surface area contributed by atoms with Crippen molar-refractivity contribution in [2.45, 2.75) is 52.6 Å². The third kappa shape index (κ3) is 4.10. The molecule has 9 heteroatoms. The van der Waals surface area contributed by atoms with Gasteiger partial charge in [-0.25, -0.2) is 4.68 Å². The van der Waals surface area contributed by atoms with Crippen molar-refractivity contribution in [2.75, 3.05) is 13.2 Å². The van der Waals surface area contributed by atoms with E-state index in [0.717, 1.165) is 12.8 Å². The number of aromatic nitrogens is 2. The molecule has 2 aromatic rings. The van der Waals surface area contributed by atoms with Gasteiger partial charge in [0.2, 0.25) is 0 Å². The van der Waals surface area contributed by atoms with Crippen molar-refractivity contribution in [1.82, 2.24) is 15.1 Å². The molecule has 164 valence electrons. The van der Waals surface area contributed by atoms with E-state index in [2.05, 4.69) is 10.4 Å². The Morgan fingerprint density at radius 2 is 2.16 bits per heavy atom. The number of rotatable bonds is 5. The summed E-state index contributed by atoms with van der Waals surface area (Å²) in [6.07, 6.45) is 2.83. The molecule has 1 fully saturated rings. The Hall–Kier alpha value is -3.07. The summed E-state index contributed by atoms with van der Waals surface area (Å²) in [5, 5.41) is 19.1. The third-order valence-electron chi connectivity index (χ3n) is 5.90. The summed E-state index contributed by atoms with van der Waals surface area (Å²) in [6, 6.07) is 4.34. The fourth-order valence-corrected chi connectivity index (χ4v) is 4.44. The van der Waals surface area contributed by atoms with E-state index in [9.17, 15) is 19.7 Å². The number of fused-ring (bicyclic) bond motifs is 1. The lowest BCUT2D eigenvalue weighted by Crippen LogP contribution is -2.31. The lowest BCUT2D eigenvalue weighted by molar-refractivity contribution is -0.384. The first-order valence-electron chi connectivity index (χ1n) is 10.5. The average Bonchev–Trinajstić information content (AvgIpc) is 3.32. The van der Waals surface area contributed by atoms with Crippen molar-refractivity contribution < 1.29 is 19.2 Å². The van der Waals surface area contributed by atoms with Crippen LogP contribution in [0.2, 0.25) is 0 Å². The van der Waals surface area contributed by atoms with Crippen LogP contribution in [0.25, 0.3) is 5.69 Å². The van der Waals surface area contributed by atoms with Crippen molar-refractivity contribution in [2.24, 2.45) is 5.41 Å². The molecule has 1 saturated heterocycles. The molecule has 1 aliphatic carbocycles. The summed E-state index contributed by atoms with van der Waals surface area (Å²) >= 11 is 0. The Labute approximate surface area is 179 Å². The number of amides is 1. The van der Waals surface area contributed by atoms with Gasteiger partial charge >= 0.3 is 0 Å². The first-order chi connectivity index (χ1) is 14.7. The fourth-order valence-electron chi connectivity index (χ4n) is 4.44. The lowest BCUT2D eigenvalue weighted by Gasteiger charge is -2.29. The Balaban J connectivity index is 1.68. The number of nitrogens with one attached hydrogen (secondary N) is 1. The highest BCUT2D eigenvalue weighted by Crippen LogP contribution is 2.38. The Kier molecular flexibility index (Phi) is 5.38.